The van der Waals surface area contributed by atoms with Gasteiger partial charge in [-0.15, -0.1) is 0 Å². The van der Waals surface area contributed by atoms with E-state index in [-0.39, 0.29) is 5.91 Å². The minimum absolute atomic E-state index is 0.0839. The maximum Gasteiger partial charge on any atom is 0.228 e. The van der Waals surface area contributed by atoms with Crippen LogP contribution < -0.4 is 5.73 Å². The fourth-order valence-corrected chi connectivity index (χ4v) is 2.52. The summed E-state index contributed by atoms with van der Waals surface area (Å²) in [6, 6.07) is 13.8. The van der Waals surface area contributed by atoms with Crippen LogP contribution in [0.1, 0.15) is 12.6 Å². The van der Waals surface area contributed by atoms with Gasteiger partial charge in [0.25, 0.3) is 0 Å². The average molecular weight is 308 g/mol. The Hall–Kier alpha value is -2.82. The zero-order chi connectivity index (χ0) is 16.4. The van der Waals surface area contributed by atoms with Gasteiger partial charge in [-0.25, -0.2) is 0 Å². The fraction of sp³-hybridized carbons (Fsp3) is 0.222. The Bertz CT molecular complexity index is 836. The monoisotopic (exact) mass is 308 g/mol. The molecule has 0 atom stereocenters. The Morgan fingerprint density at radius 2 is 1.87 bits per heavy atom. The van der Waals surface area contributed by atoms with Gasteiger partial charge >= 0.3 is 0 Å². The molecular formula is C18H20N4O. The lowest BCUT2D eigenvalue weighted by atomic mass is 10.0. The number of carbonyl (C=O) groups excluding carboxylic acids is 1. The van der Waals surface area contributed by atoms with Gasteiger partial charge in [-0.05, 0) is 36.2 Å². The summed E-state index contributed by atoms with van der Waals surface area (Å²) in [5.74, 6) is 0.0839. The van der Waals surface area contributed by atoms with E-state index in [1.54, 1.807) is 11.9 Å². The summed E-state index contributed by atoms with van der Waals surface area (Å²) < 4.78 is 0. The van der Waals surface area contributed by atoms with Gasteiger partial charge in [0.15, 0.2) is 0 Å². The Kier molecular flexibility index (Phi) is 4.02. The van der Waals surface area contributed by atoms with Crippen molar-refractivity contribution >= 4 is 22.5 Å². The average Bonchev–Trinajstić information content (AvgIpc) is 2.97. The van der Waals surface area contributed by atoms with Crippen molar-refractivity contribution in [1.29, 1.82) is 0 Å². The number of benzene rings is 2. The van der Waals surface area contributed by atoms with Crippen molar-refractivity contribution in [3.63, 3.8) is 0 Å². The minimum Gasteiger partial charge on any atom is -0.399 e. The number of carbonyl (C=O) groups is 1. The summed E-state index contributed by atoms with van der Waals surface area (Å²) in [5, 5.41) is 8.32. The molecule has 0 aliphatic heterocycles. The molecule has 1 heterocycles. The topological polar surface area (TPSA) is 75.0 Å². The van der Waals surface area contributed by atoms with Crippen LogP contribution in [0.2, 0.25) is 0 Å². The van der Waals surface area contributed by atoms with Gasteiger partial charge in [0.1, 0.15) is 0 Å². The van der Waals surface area contributed by atoms with Gasteiger partial charge in [-0.1, -0.05) is 24.3 Å². The van der Waals surface area contributed by atoms with Crippen molar-refractivity contribution < 1.29 is 4.79 Å². The lowest BCUT2D eigenvalue weighted by Crippen LogP contribution is -2.27. The molecule has 5 nitrogen and oxygen atoms in total. The quantitative estimate of drug-likeness (QED) is 0.728. The Morgan fingerprint density at radius 1 is 1.17 bits per heavy atom. The molecular weight excluding hydrogens is 288 g/mol. The highest BCUT2D eigenvalue weighted by molar-refractivity contribution is 5.90. The number of hydrogen-bond donors (Lipinski definition) is 2. The van der Waals surface area contributed by atoms with E-state index >= 15 is 0 Å². The highest BCUT2D eigenvalue weighted by Gasteiger charge is 2.13. The summed E-state index contributed by atoms with van der Waals surface area (Å²) in [7, 11) is 1.81. The maximum atomic E-state index is 12.1. The number of nitrogens with one attached hydrogen (secondary N) is 1. The van der Waals surface area contributed by atoms with Crippen LogP contribution in [0, 0.1) is 0 Å². The van der Waals surface area contributed by atoms with Gasteiger partial charge in [0.05, 0.1) is 17.6 Å². The highest BCUT2D eigenvalue weighted by atomic mass is 16.2. The molecule has 118 valence electrons. The maximum absolute atomic E-state index is 12.1. The van der Waals surface area contributed by atoms with Gasteiger partial charge in [-0.2, -0.15) is 5.10 Å². The van der Waals surface area contributed by atoms with Crippen molar-refractivity contribution in [2.75, 3.05) is 19.3 Å². The van der Waals surface area contributed by atoms with Crippen LogP contribution in [0.3, 0.4) is 0 Å². The number of aromatic amines is 1. The highest BCUT2D eigenvalue weighted by Crippen LogP contribution is 2.26. The van der Waals surface area contributed by atoms with Crippen LogP contribution in [0.4, 0.5) is 5.69 Å². The number of hydrogen-bond acceptors (Lipinski definition) is 3. The molecule has 0 radical (unpaired) electrons. The summed E-state index contributed by atoms with van der Waals surface area (Å²) in [6.07, 6.45) is 0.335. The number of aromatic nitrogens is 2. The van der Waals surface area contributed by atoms with Crippen LogP contribution in [0.5, 0.6) is 0 Å². The molecule has 0 spiro atoms. The summed E-state index contributed by atoms with van der Waals surface area (Å²) >= 11 is 0. The molecule has 1 aromatic heterocycles. The second-order valence-electron chi connectivity index (χ2n) is 5.64. The number of likely N-dealkylation sites (N-methyl/N-ethyl adjacent to an activating group) is 1. The van der Waals surface area contributed by atoms with Gasteiger partial charge in [-0.3, -0.25) is 9.89 Å². The smallest absolute Gasteiger partial charge is 0.228 e. The van der Waals surface area contributed by atoms with Gasteiger partial charge in [0, 0.05) is 24.7 Å². The van der Waals surface area contributed by atoms with E-state index < -0.39 is 0 Å². The summed E-state index contributed by atoms with van der Waals surface area (Å²) in [5.41, 5.74) is 10.4. The van der Waals surface area contributed by atoms with Crippen molar-refractivity contribution in [3.05, 3.63) is 48.2 Å². The molecule has 0 saturated heterocycles. The number of nitrogen functional groups attached to an aromatic ring is 1. The minimum atomic E-state index is 0.0839. The molecule has 23 heavy (non-hydrogen) atoms. The molecule has 2 aromatic carbocycles. The van der Waals surface area contributed by atoms with Crippen LogP contribution >= 0.6 is 0 Å². The molecule has 0 saturated carbocycles. The number of H-pyrrole nitrogens is 1. The zero-order valence-electron chi connectivity index (χ0n) is 13.3. The number of nitrogens with two attached hydrogens (primary N) is 1. The Labute approximate surface area is 135 Å². The predicted octanol–water partition coefficient (Wildman–Crippen LogP) is 2.83. The SMILES string of the molecule is CCN(C)C(=O)Cc1[nH]nc2cc(-c3ccc(N)cc3)ccc12. The second kappa shape index (κ2) is 6.12. The van der Waals surface area contributed by atoms with Crippen molar-refractivity contribution in [1.82, 2.24) is 15.1 Å². The first kappa shape index (κ1) is 15.1. The third-order valence-corrected chi connectivity index (χ3v) is 4.11. The van der Waals surface area contributed by atoms with Crippen LogP contribution in [0.15, 0.2) is 42.5 Å². The van der Waals surface area contributed by atoms with E-state index in [9.17, 15) is 4.79 Å². The van der Waals surface area contributed by atoms with E-state index in [1.807, 2.05) is 49.4 Å². The standard InChI is InChI=1S/C18H20N4O/c1-3-22(2)18(23)11-17-15-9-6-13(10-16(15)20-21-17)12-4-7-14(19)8-5-12/h4-10H,3,11,19H2,1-2H3,(H,20,21). The fourth-order valence-electron chi connectivity index (χ4n) is 2.52. The van der Waals surface area contributed by atoms with Crippen LogP contribution in [-0.4, -0.2) is 34.6 Å². The lowest BCUT2D eigenvalue weighted by Gasteiger charge is -2.13. The van der Waals surface area contributed by atoms with E-state index in [0.717, 1.165) is 33.4 Å². The first-order valence-corrected chi connectivity index (χ1v) is 7.65. The van der Waals surface area contributed by atoms with Crippen LogP contribution in [-0.2, 0) is 11.2 Å². The number of anilines is 1. The molecule has 0 fully saturated rings. The third-order valence-electron chi connectivity index (χ3n) is 4.11. The normalized spacial score (nSPS) is 10.9. The summed E-state index contributed by atoms with van der Waals surface area (Å²) in [6.45, 7) is 2.66. The predicted molar refractivity (Wildman–Crippen MR) is 93.0 cm³/mol. The van der Waals surface area contributed by atoms with Crippen LogP contribution in [0.25, 0.3) is 22.0 Å². The van der Waals surface area contributed by atoms with Gasteiger partial charge in [0.2, 0.25) is 5.91 Å². The largest absolute Gasteiger partial charge is 0.399 e. The van der Waals surface area contributed by atoms with E-state index in [4.69, 9.17) is 5.73 Å². The van der Waals surface area contributed by atoms with E-state index in [1.165, 1.54) is 0 Å². The first-order chi connectivity index (χ1) is 11.1. The Balaban J connectivity index is 1.91. The molecule has 0 aliphatic carbocycles. The lowest BCUT2D eigenvalue weighted by molar-refractivity contribution is -0.129. The molecule has 3 rings (SSSR count). The van der Waals surface area contributed by atoms with Crippen molar-refractivity contribution in [2.45, 2.75) is 13.3 Å². The van der Waals surface area contributed by atoms with Gasteiger partial charge < -0.3 is 10.6 Å². The number of rotatable bonds is 4. The molecule has 1 amide bonds. The molecule has 0 unspecified atom stereocenters. The number of fused-ring (bicyclic) bond motifs is 1. The molecule has 3 aromatic rings. The van der Waals surface area contributed by atoms with E-state index in [0.29, 0.717) is 13.0 Å². The third kappa shape index (κ3) is 3.04. The molecule has 0 aliphatic rings. The summed E-state index contributed by atoms with van der Waals surface area (Å²) in [4.78, 5) is 13.8. The zero-order valence-corrected chi connectivity index (χ0v) is 13.3. The van der Waals surface area contributed by atoms with Crippen molar-refractivity contribution in [2.24, 2.45) is 0 Å². The second-order valence-corrected chi connectivity index (χ2v) is 5.64. The van der Waals surface area contributed by atoms with E-state index in [2.05, 4.69) is 10.2 Å². The number of amides is 1. The molecule has 5 heteroatoms. The number of nitrogens with zero attached hydrogens (tertiary/aromatic N) is 2. The molecule has 3 N–H and O–H groups in total. The van der Waals surface area contributed by atoms with Crippen molar-refractivity contribution in [3.8, 4) is 11.1 Å². The molecule has 0 bridgehead atoms. The Morgan fingerprint density at radius 3 is 2.57 bits per heavy atom. The first-order valence-electron chi connectivity index (χ1n) is 7.65.